The molecule has 3 atom stereocenters. The lowest BCUT2D eigenvalue weighted by Gasteiger charge is -2.41. The molecule has 4 rings (SSSR count). The van der Waals surface area contributed by atoms with Gasteiger partial charge in [-0.25, -0.2) is 4.79 Å². The monoisotopic (exact) mass is 434 g/mol. The topological polar surface area (TPSA) is 91.8 Å². The van der Waals surface area contributed by atoms with Gasteiger partial charge in [0, 0.05) is 37.8 Å². The standard InChI is InChI=1S/C25H30N4O3/c26-14-19-6-10-24(11-7-19)31-13-12-21(27)15-29-22-8-9-23(29)17-28(16-22)25(30)32-18-20-4-2-1-3-5-20/h1-7,10-11,21-23H,8-9,12-13,15-18,27H2. The lowest BCUT2D eigenvalue weighted by Crippen LogP contribution is -2.57. The van der Waals surface area contributed by atoms with Gasteiger partial charge < -0.3 is 20.1 Å². The van der Waals surface area contributed by atoms with E-state index in [0.29, 0.717) is 44.0 Å². The third kappa shape index (κ3) is 5.58. The minimum absolute atomic E-state index is 0.00747. The van der Waals surface area contributed by atoms with Gasteiger partial charge in [0.05, 0.1) is 18.2 Å². The summed E-state index contributed by atoms with van der Waals surface area (Å²) in [5.41, 5.74) is 8.02. The van der Waals surface area contributed by atoms with E-state index in [4.69, 9.17) is 20.5 Å². The molecular formula is C25H30N4O3. The van der Waals surface area contributed by atoms with Crippen LogP contribution >= 0.6 is 0 Å². The quantitative estimate of drug-likeness (QED) is 0.686. The first-order chi connectivity index (χ1) is 15.6. The Morgan fingerprint density at radius 2 is 1.78 bits per heavy atom. The van der Waals surface area contributed by atoms with Gasteiger partial charge >= 0.3 is 6.09 Å². The second kappa shape index (κ2) is 10.5. The zero-order chi connectivity index (χ0) is 22.3. The molecular weight excluding hydrogens is 404 g/mol. The highest BCUT2D eigenvalue weighted by molar-refractivity contribution is 5.68. The zero-order valence-corrected chi connectivity index (χ0v) is 18.2. The summed E-state index contributed by atoms with van der Waals surface area (Å²) in [6.45, 7) is 3.03. The Morgan fingerprint density at radius 3 is 2.44 bits per heavy atom. The molecule has 0 saturated carbocycles. The van der Waals surface area contributed by atoms with E-state index in [9.17, 15) is 4.79 Å². The summed E-state index contributed by atoms with van der Waals surface area (Å²) >= 11 is 0. The van der Waals surface area contributed by atoms with Crippen LogP contribution in [-0.2, 0) is 11.3 Å². The number of fused-ring (bicyclic) bond motifs is 2. The first kappa shape index (κ1) is 22.1. The van der Waals surface area contributed by atoms with Crippen molar-refractivity contribution >= 4 is 6.09 Å². The molecule has 2 saturated heterocycles. The molecule has 3 unspecified atom stereocenters. The maximum Gasteiger partial charge on any atom is 0.410 e. The third-order valence-electron chi connectivity index (χ3n) is 6.28. The number of likely N-dealkylation sites (tertiary alicyclic amines) is 1. The zero-order valence-electron chi connectivity index (χ0n) is 18.2. The molecule has 2 aromatic rings. The van der Waals surface area contributed by atoms with Crippen molar-refractivity contribution in [3.63, 3.8) is 0 Å². The Balaban J connectivity index is 1.20. The van der Waals surface area contributed by atoms with Crippen LogP contribution in [0.4, 0.5) is 4.79 Å². The highest BCUT2D eigenvalue weighted by Gasteiger charge is 2.42. The van der Waals surface area contributed by atoms with Crippen molar-refractivity contribution in [2.24, 2.45) is 5.73 Å². The summed E-state index contributed by atoms with van der Waals surface area (Å²) in [6, 6.07) is 19.6. The molecule has 2 fully saturated rings. The highest BCUT2D eigenvalue weighted by Crippen LogP contribution is 2.30. The molecule has 0 radical (unpaired) electrons. The fraction of sp³-hybridized carbons (Fsp3) is 0.440. The van der Waals surface area contributed by atoms with Crippen LogP contribution in [0.3, 0.4) is 0 Å². The van der Waals surface area contributed by atoms with E-state index in [1.165, 1.54) is 0 Å². The molecule has 2 bridgehead atoms. The van der Waals surface area contributed by atoms with E-state index in [-0.39, 0.29) is 12.1 Å². The molecule has 0 spiro atoms. The average Bonchev–Trinajstić information content (AvgIpc) is 3.04. The van der Waals surface area contributed by atoms with Crippen LogP contribution in [-0.4, -0.2) is 60.3 Å². The molecule has 0 aliphatic carbocycles. The summed E-state index contributed by atoms with van der Waals surface area (Å²) in [7, 11) is 0. The highest BCUT2D eigenvalue weighted by atomic mass is 16.6. The van der Waals surface area contributed by atoms with Crippen molar-refractivity contribution in [1.29, 1.82) is 5.26 Å². The number of amides is 1. The predicted molar refractivity (Wildman–Crippen MR) is 121 cm³/mol. The molecule has 7 heteroatoms. The largest absolute Gasteiger partial charge is 0.494 e. The van der Waals surface area contributed by atoms with Crippen LogP contribution in [0.15, 0.2) is 54.6 Å². The van der Waals surface area contributed by atoms with Crippen molar-refractivity contribution in [3.8, 4) is 11.8 Å². The molecule has 7 nitrogen and oxygen atoms in total. The normalized spacial score (nSPS) is 21.1. The van der Waals surface area contributed by atoms with Gasteiger partial charge in [-0.2, -0.15) is 5.26 Å². The van der Waals surface area contributed by atoms with Gasteiger partial charge in [-0.1, -0.05) is 30.3 Å². The number of piperazine rings is 1. The van der Waals surface area contributed by atoms with Gasteiger partial charge in [-0.05, 0) is 49.1 Å². The van der Waals surface area contributed by atoms with Gasteiger partial charge in [0.1, 0.15) is 12.4 Å². The maximum atomic E-state index is 12.6. The van der Waals surface area contributed by atoms with Gasteiger partial charge in [-0.15, -0.1) is 0 Å². The van der Waals surface area contributed by atoms with Gasteiger partial charge in [-0.3, -0.25) is 4.90 Å². The van der Waals surface area contributed by atoms with Gasteiger partial charge in [0.25, 0.3) is 0 Å². The number of carbonyl (C=O) groups excluding carboxylic acids is 1. The molecule has 32 heavy (non-hydrogen) atoms. The molecule has 2 heterocycles. The Morgan fingerprint density at radius 1 is 1.09 bits per heavy atom. The number of nitrogens with two attached hydrogens (primary N) is 1. The minimum Gasteiger partial charge on any atom is -0.494 e. The van der Waals surface area contributed by atoms with Crippen LogP contribution < -0.4 is 10.5 Å². The summed E-state index contributed by atoms with van der Waals surface area (Å²) in [5.74, 6) is 0.749. The fourth-order valence-corrected chi connectivity index (χ4v) is 4.56. The van der Waals surface area contributed by atoms with E-state index in [1.54, 1.807) is 24.3 Å². The van der Waals surface area contributed by atoms with E-state index in [1.807, 2.05) is 35.2 Å². The van der Waals surface area contributed by atoms with Gasteiger partial charge in [0.2, 0.25) is 0 Å². The summed E-state index contributed by atoms with van der Waals surface area (Å²) in [4.78, 5) is 16.9. The van der Waals surface area contributed by atoms with Gasteiger partial charge in [0.15, 0.2) is 0 Å². The molecule has 168 valence electrons. The predicted octanol–water partition coefficient (Wildman–Crippen LogP) is 3.14. The van der Waals surface area contributed by atoms with Crippen molar-refractivity contribution in [3.05, 3.63) is 65.7 Å². The number of benzene rings is 2. The van der Waals surface area contributed by atoms with E-state index < -0.39 is 0 Å². The molecule has 1 amide bonds. The molecule has 2 N–H and O–H groups in total. The summed E-state index contributed by atoms with van der Waals surface area (Å²) in [5, 5.41) is 8.86. The maximum absolute atomic E-state index is 12.6. The van der Waals surface area contributed by atoms with Crippen LogP contribution in [0.2, 0.25) is 0 Å². The number of ether oxygens (including phenoxy) is 2. The van der Waals surface area contributed by atoms with Crippen molar-refractivity contribution in [1.82, 2.24) is 9.80 Å². The lowest BCUT2D eigenvalue weighted by molar-refractivity contribution is 0.0394. The van der Waals surface area contributed by atoms with Crippen molar-refractivity contribution in [2.75, 3.05) is 26.2 Å². The second-order valence-electron chi connectivity index (χ2n) is 8.56. The van der Waals surface area contributed by atoms with E-state index in [2.05, 4.69) is 11.0 Å². The number of nitrogens with zero attached hydrogens (tertiary/aromatic N) is 3. The molecule has 2 aromatic carbocycles. The van der Waals surface area contributed by atoms with Crippen LogP contribution in [0.25, 0.3) is 0 Å². The lowest BCUT2D eigenvalue weighted by atomic mass is 10.1. The number of rotatable bonds is 8. The van der Waals surface area contributed by atoms with Crippen LogP contribution in [0, 0.1) is 11.3 Å². The smallest absolute Gasteiger partial charge is 0.410 e. The molecule has 0 aromatic heterocycles. The van der Waals surface area contributed by atoms with Crippen molar-refractivity contribution < 1.29 is 14.3 Å². The van der Waals surface area contributed by atoms with Crippen molar-refractivity contribution in [2.45, 2.75) is 44.0 Å². The SMILES string of the molecule is N#Cc1ccc(OCCC(N)CN2C3CCC2CN(C(=O)OCc2ccccc2)C3)cc1. The minimum atomic E-state index is -0.231. The van der Waals surface area contributed by atoms with E-state index in [0.717, 1.165) is 37.1 Å². The Kier molecular flexibility index (Phi) is 7.25. The van der Waals surface area contributed by atoms with Crippen LogP contribution in [0.1, 0.15) is 30.4 Å². The first-order valence-electron chi connectivity index (χ1n) is 11.2. The number of hydrogen-bond donors (Lipinski definition) is 1. The number of nitriles is 1. The number of hydrogen-bond acceptors (Lipinski definition) is 6. The fourth-order valence-electron chi connectivity index (χ4n) is 4.56. The van der Waals surface area contributed by atoms with E-state index >= 15 is 0 Å². The third-order valence-corrected chi connectivity index (χ3v) is 6.28. The first-order valence-corrected chi connectivity index (χ1v) is 11.2. The Bertz CT molecular complexity index is 914. The summed E-state index contributed by atoms with van der Waals surface area (Å²) in [6.07, 6.45) is 2.69. The average molecular weight is 435 g/mol. The van der Waals surface area contributed by atoms with Crippen LogP contribution in [0.5, 0.6) is 5.75 Å². The molecule has 2 aliphatic heterocycles. The summed E-state index contributed by atoms with van der Waals surface area (Å²) < 4.78 is 11.3. The Labute approximate surface area is 189 Å². The number of carbonyl (C=O) groups is 1. The second-order valence-corrected chi connectivity index (χ2v) is 8.56. The molecule has 2 aliphatic rings. The Hall–Kier alpha value is -3.08.